The fraction of sp³-hybridized carbons (Fsp3) is 0.320. The van der Waals surface area contributed by atoms with Gasteiger partial charge in [-0.1, -0.05) is 6.92 Å². The van der Waals surface area contributed by atoms with Gasteiger partial charge in [-0.05, 0) is 31.0 Å². The second-order valence-electron chi connectivity index (χ2n) is 8.20. The number of nitrogens with one attached hydrogen (secondary N) is 1. The Hall–Kier alpha value is -3.43. The van der Waals surface area contributed by atoms with Crippen LogP contribution in [0.2, 0.25) is 0 Å². The van der Waals surface area contributed by atoms with Crippen molar-refractivity contribution in [3.05, 3.63) is 52.7 Å². The second kappa shape index (κ2) is 9.08. The Morgan fingerprint density at radius 1 is 1.32 bits per heavy atom. The molecule has 5 rings (SSSR count). The minimum atomic E-state index is -0.183. The van der Waals surface area contributed by atoms with Gasteiger partial charge in [-0.3, -0.25) is 14.6 Å². The Kier molecular flexibility index (Phi) is 5.97. The number of aromatic nitrogens is 1. The van der Waals surface area contributed by atoms with Gasteiger partial charge in [-0.25, -0.2) is 0 Å². The van der Waals surface area contributed by atoms with E-state index in [9.17, 15) is 14.7 Å². The first-order chi connectivity index (χ1) is 16.5. The van der Waals surface area contributed by atoms with E-state index < -0.39 is 0 Å². The number of fused-ring (bicyclic) bond motifs is 2. The Bertz CT molecular complexity index is 1390. The van der Waals surface area contributed by atoms with Crippen LogP contribution in [0.3, 0.4) is 0 Å². The Morgan fingerprint density at radius 2 is 2.18 bits per heavy atom. The molecule has 3 aromatic heterocycles. The van der Waals surface area contributed by atoms with Gasteiger partial charge in [0.25, 0.3) is 11.8 Å². The van der Waals surface area contributed by atoms with Crippen LogP contribution in [0.1, 0.15) is 45.6 Å². The molecule has 9 heteroatoms. The molecule has 1 saturated heterocycles. The summed E-state index contributed by atoms with van der Waals surface area (Å²) in [5, 5.41) is 13.0. The van der Waals surface area contributed by atoms with Gasteiger partial charge >= 0.3 is 0 Å². The van der Waals surface area contributed by atoms with Crippen LogP contribution in [0.5, 0.6) is 11.5 Å². The summed E-state index contributed by atoms with van der Waals surface area (Å²) in [4.78, 5) is 32.1. The number of furan rings is 1. The van der Waals surface area contributed by atoms with Crippen LogP contribution < -0.4 is 10.1 Å². The maximum absolute atomic E-state index is 13.1. The standard InChI is InChI=1S/C25H25N3O5S/c1-3-18-22(24(30)26-2)16-7-6-15(11-20(16)33-18)32-19-8-9-27-17-12-21(34-23(17)19)25(31)28-10-4-5-14(28)13-29/h6-9,11-12,14,29H,3-5,10,13H2,1-2H3,(H,26,30)/t14-/m0/s1. The smallest absolute Gasteiger partial charge is 0.264 e. The molecule has 0 saturated carbocycles. The van der Waals surface area contributed by atoms with Crippen molar-refractivity contribution in [2.75, 3.05) is 20.2 Å². The van der Waals surface area contributed by atoms with Gasteiger partial charge < -0.3 is 24.5 Å². The Balaban J connectivity index is 1.47. The molecule has 1 aromatic carbocycles. The molecule has 4 aromatic rings. The highest BCUT2D eigenvalue weighted by molar-refractivity contribution is 7.21. The monoisotopic (exact) mass is 479 g/mol. The van der Waals surface area contributed by atoms with E-state index in [0.29, 0.717) is 51.8 Å². The molecule has 4 heterocycles. The van der Waals surface area contributed by atoms with E-state index >= 15 is 0 Å². The highest BCUT2D eigenvalue weighted by Crippen LogP contribution is 2.37. The lowest BCUT2D eigenvalue weighted by atomic mass is 10.1. The molecule has 2 N–H and O–H groups in total. The Labute approximate surface area is 200 Å². The first kappa shape index (κ1) is 22.4. The number of likely N-dealkylation sites (tertiary alicyclic amines) is 1. The van der Waals surface area contributed by atoms with Crippen LogP contribution in [0.4, 0.5) is 0 Å². The molecular weight excluding hydrogens is 454 g/mol. The SMILES string of the molecule is CCc1oc2cc(Oc3ccnc4cc(C(=O)N5CCC[C@H]5CO)sc34)ccc2c1C(=O)NC. The lowest BCUT2D eigenvalue weighted by Gasteiger charge is -2.22. The highest BCUT2D eigenvalue weighted by atomic mass is 32.1. The third-order valence-electron chi connectivity index (χ3n) is 6.17. The molecule has 0 radical (unpaired) electrons. The average Bonchev–Trinajstić information content (AvgIpc) is 3.59. The number of pyridine rings is 1. The number of benzene rings is 1. The van der Waals surface area contributed by atoms with Crippen molar-refractivity contribution >= 4 is 44.3 Å². The number of carbonyl (C=O) groups excluding carboxylic acids is 2. The number of aryl methyl sites for hydroxylation is 1. The second-order valence-corrected chi connectivity index (χ2v) is 9.26. The molecule has 0 aliphatic carbocycles. The normalized spacial score (nSPS) is 15.9. The molecule has 0 unspecified atom stereocenters. The predicted octanol–water partition coefficient (Wildman–Crippen LogP) is 4.35. The molecule has 34 heavy (non-hydrogen) atoms. The van der Waals surface area contributed by atoms with E-state index in [2.05, 4.69) is 10.3 Å². The van der Waals surface area contributed by atoms with Crippen molar-refractivity contribution in [3.8, 4) is 11.5 Å². The van der Waals surface area contributed by atoms with Gasteiger partial charge in [0, 0.05) is 43.7 Å². The number of aliphatic hydroxyl groups excluding tert-OH is 1. The minimum Gasteiger partial charge on any atom is -0.460 e. The number of rotatable bonds is 6. The number of hydrogen-bond acceptors (Lipinski definition) is 7. The average molecular weight is 480 g/mol. The van der Waals surface area contributed by atoms with E-state index in [1.54, 1.807) is 42.4 Å². The van der Waals surface area contributed by atoms with E-state index in [0.717, 1.165) is 22.9 Å². The van der Waals surface area contributed by atoms with E-state index in [1.165, 1.54) is 11.3 Å². The predicted molar refractivity (Wildman–Crippen MR) is 130 cm³/mol. The molecule has 1 atom stereocenters. The largest absolute Gasteiger partial charge is 0.460 e. The van der Waals surface area contributed by atoms with Crippen LogP contribution >= 0.6 is 11.3 Å². The first-order valence-corrected chi connectivity index (χ1v) is 12.1. The van der Waals surface area contributed by atoms with Crippen LogP contribution in [-0.2, 0) is 6.42 Å². The van der Waals surface area contributed by atoms with Crippen LogP contribution in [0.15, 0.2) is 40.9 Å². The quantitative estimate of drug-likeness (QED) is 0.426. The molecule has 8 nitrogen and oxygen atoms in total. The number of aliphatic hydroxyl groups is 1. The van der Waals surface area contributed by atoms with Gasteiger partial charge in [-0.15, -0.1) is 11.3 Å². The van der Waals surface area contributed by atoms with Gasteiger partial charge in [-0.2, -0.15) is 0 Å². The van der Waals surface area contributed by atoms with E-state index in [4.69, 9.17) is 9.15 Å². The number of amides is 2. The summed E-state index contributed by atoms with van der Waals surface area (Å²) in [6.07, 6.45) is 3.95. The maximum atomic E-state index is 13.1. The zero-order valence-electron chi connectivity index (χ0n) is 19.0. The lowest BCUT2D eigenvalue weighted by molar-refractivity contribution is 0.0682. The maximum Gasteiger partial charge on any atom is 0.264 e. The molecule has 176 valence electrons. The highest BCUT2D eigenvalue weighted by Gasteiger charge is 2.30. The van der Waals surface area contributed by atoms with Crippen LogP contribution in [-0.4, -0.2) is 53.0 Å². The molecule has 0 bridgehead atoms. The Morgan fingerprint density at radius 3 is 2.94 bits per heavy atom. The number of carbonyl (C=O) groups is 2. The molecule has 1 aliphatic rings. The zero-order valence-corrected chi connectivity index (χ0v) is 19.8. The third-order valence-corrected chi connectivity index (χ3v) is 7.30. The third kappa shape index (κ3) is 3.80. The van der Waals surface area contributed by atoms with Gasteiger partial charge in [0.2, 0.25) is 0 Å². The summed E-state index contributed by atoms with van der Waals surface area (Å²) in [5.74, 6) is 1.50. The molecule has 2 amide bonds. The fourth-order valence-electron chi connectivity index (χ4n) is 4.48. The van der Waals surface area contributed by atoms with Crippen LogP contribution in [0.25, 0.3) is 21.2 Å². The zero-order chi connectivity index (χ0) is 23.8. The lowest BCUT2D eigenvalue weighted by Crippen LogP contribution is -2.37. The fourth-order valence-corrected chi connectivity index (χ4v) is 5.50. The summed E-state index contributed by atoms with van der Waals surface area (Å²) in [6.45, 7) is 2.56. The first-order valence-electron chi connectivity index (χ1n) is 11.3. The summed E-state index contributed by atoms with van der Waals surface area (Å²) in [7, 11) is 1.60. The van der Waals surface area contributed by atoms with Crippen molar-refractivity contribution in [3.63, 3.8) is 0 Å². The summed E-state index contributed by atoms with van der Waals surface area (Å²) < 4.78 is 12.9. The number of hydrogen-bond donors (Lipinski definition) is 2. The van der Waals surface area contributed by atoms with Gasteiger partial charge in [0.15, 0.2) is 0 Å². The molecule has 1 fully saturated rings. The molecule has 1 aliphatic heterocycles. The van der Waals surface area contributed by atoms with Gasteiger partial charge in [0.1, 0.15) is 22.8 Å². The number of ether oxygens (including phenoxy) is 1. The van der Waals surface area contributed by atoms with E-state index in [-0.39, 0.29) is 24.5 Å². The minimum absolute atomic E-state index is 0.0279. The summed E-state index contributed by atoms with van der Waals surface area (Å²) >= 11 is 1.33. The van der Waals surface area contributed by atoms with Crippen LogP contribution in [0, 0.1) is 0 Å². The van der Waals surface area contributed by atoms with Gasteiger partial charge in [0.05, 0.1) is 33.3 Å². The van der Waals surface area contributed by atoms with Crippen molar-refractivity contribution in [2.45, 2.75) is 32.2 Å². The van der Waals surface area contributed by atoms with Crippen molar-refractivity contribution in [1.29, 1.82) is 0 Å². The molecular formula is C25H25N3O5S. The summed E-state index contributed by atoms with van der Waals surface area (Å²) in [6, 6.07) is 8.80. The number of nitrogens with zero attached hydrogens (tertiary/aromatic N) is 2. The topological polar surface area (TPSA) is 105 Å². The van der Waals surface area contributed by atoms with E-state index in [1.807, 2.05) is 13.0 Å². The van der Waals surface area contributed by atoms with Crippen molar-refractivity contribution in [1.82, 2.24) is 15.2 Å². The number of thiophene rings is 1. The van der Waals surface area contributed by atoms with Crippen molar-refractivity contribution < 1.29 is 23.8 Å². The molecule has 0 spiro atoms. The summed E-state index contributed by atoms with van der Waals surface area (Å²) in [5.41, 5.74) is 1.80. The van der Waals surface area contributed by atoms with Crippen molar-refractivity contribution in [2.24, 2.45) is 0 Å².